The van der Waals surface area contributed by atoms with E-state index >= 15 is 0 Å². The Morgan fingerprint density at radius 2 is 1.83 bits per heavy atom. The zero-order valence-corrected chi connectivity index (χ0v) is 11.1. The van der Waals surface area contributed by atoms with Crippen LogP contribution in [0.25, 0.3) is 11.3 Å². The molecule has 1 aromatic carbocycles. The second-order valence-electron chi connectivity index (χ2n) is 4.36. The lowest BCUT2D eigenvalue weighted by atomic mass is 9.96. The molecule has 0 aliphatic carbocycles. The predicted octanol–water partition coefficient (Wildman–Crippen LogP) is 2.77. The average molecular weight is 247 g/mol. The molecule has 2 aromatic rings. The van der Waals surface area contributed by atoms with Crippen LogP contribution in [0.3, 0.4) is 0 Å². The van der Waals surface area contributed by atoms with Crippen molar-refractivity contribution in [1.82, 2.24) is 5.16 Å². The van der Waals surface area contributed by atoms with Crippen molar-refractivity contribution in [2.75, 3.05) is 7.11 Å². The third kappa shape index (κ3) is 1.99. The number of nitrogens with zero attached hydrogens (tertiary/aromatic N) is 1. The summed E-state index contributed by atoms with van der Waals surface area (Å²) in [6.45, 7) is 5.72. The van der Waals surface area contributed by atoms with Gasteiger partial charge in [-0.25, -0.2) is 0 Å². The van der Waals surface area contributed by atoms with Crippen LogP contribution in [-0.4, -0.2) is 17.4 Å². The number of hydrogen-bond acceptors (Lipinski definition) is 4. The maximum Gasteiger partial charge on any atom is 0.139 e. The van der Waals surface area contributed by atoms with Crippen LogP contribution < -0.4 is 4.74 Å². The summed E-state index contributed by atoms with van der Waals surface area (Å²) in [6.07, 6.45) is 0. The van der Waals surface area contributed by atoms with Gasteiger partial charge in [-0.1, -0.05) is 5.16 Å². The first-order valence-corrected chi connectivity index (χ1v) is 5.80. The molecule has 0 spiro atoms. The van der Waals surface area contributed by atoms with Gasteiger partial charge in [-0.3, -0.25) is 0 Å². The summed E-state index contributed by atoms with van der Waals surface area (Å²) >= 11 is 0. The van der Waals surface area contributed by atoms with E-state index in [0.29, 0.717) is 11.5 Å². The fraction of sp³-hybridized carbons (Fsp3) is 0.357. The lowest BCUT2D eigenvalue weighted by molar-refractivity contribution is 0.278. The van der Waals surface area contributed by atoms with Gasteiger partial charge in [0, 0.05) is 11.1 Å². The first-order valence-electron chi connectivity index (χ1n) is 5.80. The van der Waals surface area contributed by atoms with E-state index < -0.39 is 0 Å². The molecule has 0 amide bonds. The van der Waals surface area contributed by atoms with E-state index in [1.807, 2.05) is 26.0 Å². The highest BCUT2D eigenvalue weighted by atomic mass is 16.5. The van der Waals surface area contributed by atoms with Gasteiger partial charge in [-0.05, 0) is 44.0 Å². The van der Waals surface area contributed by atoms with Crippen molar-refractivity contribution in [1.29, 1.82) is 0 Å². The van der Waals surface area contributed by atoms with E-state index in [-0.39, 0.29) is 6.61 Å². The smallest absolute Gasteiger partial charge is 0.139 e. The minimum atomic E-state index is -0.0738. The third-order valence-electron chi connectivity index (χ3n) is 3.12. The second kappa shape index (κ2) is 4.82. The zero-order chi connectivity index (χ0) is 13.3. The van der Waals surface area contributed by atoms with Crippen LogP contribution in [0.4, 0.5) is 0 Å². The minimum Gasteiger partial charge on any atom is -0.497 e. The molecule has 0 fully saturated rings. The van der Waals surface area contributed by atoms with Gasteiger partial charge in [0.25, 0.3) is 0 Å². The molecule has 0 unspecified atom stereocenters. The van der Waals surface area contributed by atoms with Crippen LogP contribution in [0.5, 0.6) is 5.75 Å². The molecule has 2 rings (SSSR count). The van der Waals surface area contributed by atoms with E-state index in [0.717, 1.165) is 28.0 Å². The lowest BCUT2D eigenvalue weighted by Crippen LogP contribution is -1.95. The Balaban J connectivity index is 2.64. The fourth-order valence-corrected chi connectivity index (χ4v) is 2.19. The van der Waals surface area contributed by atoms with Crippen LogP contribution >= 0.6 is 0 Å². The number of aliphatic hydroxyl groups excluding tert-OH is 1. The maximum absolute atomic E-state index is 9.41. The monoisotopic (exact) mass is 247 g/mol. The van der Waals surface area contributed by atoms with Crippen LogP contribution in [0.1, 0.15) is 22.5 Å². The Morgan fingerprint density at radius 1 is 1.22 bits per heavy atom. The van der Waals surface area contributed by atoms with E-state index in [1.165, 1.54) is 0 Å². The summed E-state index contributed by atoms with van der Waals surface area (Å²) in [4.78, 5) is 0. The molecule has 96 valence electrons. The number of benzene rings is 1. The summed E-state index contributed by atoms with van der Waals surface area (Å²) < 4.78 is 10.4. The second-order valence-corrected chi connectivity index (χ2v) is 4.36. The molecule has 0 bridgehead atoms. The van der Waals surface area contributed by atoms with Gasteiger partial charge in [0.05, 0.1) is 13.7 Å². The number of ether oxygens (including phenoxy) is 1. The molecule has 4 nitrogen and oxygen atoms in total. The Labute approximate surface area is 106 Å². The highest BCUT2D eigenvalue weighted by Gasteiger charge is 2.18. The highest BCUT2D eigenvalue weighted by Crippen LogP contribution is 2.33. The van der Waals surface area contributed by atoms with Crippen LogP contribution in [-0.2, 0) is 6.61 Å². The molecule has 18 heavy (non-hydrogen) atoms. The average Bonchev–Trinajstić information content (AvgIpc) is 2.69. The first-order chi connectivity index (χ1) is 8.58. The molecule has 0 saturated heterocycles. The lowest BCUT2D eigenvalue weighted by Gasteiger charge is -2.11. The van der Waals surface area contributed by atoms with Crippen molar-refractivity contribution in [3.8, 4) is 17.0 Å². The van der Waals surface area contributed by atoms with Gasteiger partial charge >= 0.3 is 0 Å². The summed E-state index contributed by atoms with van der Waals surface area (Å²) in [5.41, 5.74) is 4.56. The number of rotatable bonds is 3. The SMILES string of the molecule is COc1cc(C)c(-c2noc(C)c2CO)c(C)c1. The van der Waals surface area contributed by atoms with Crippen molar-refractivity contribution in [2.45, 2.75) is 27.4 Å². The van der Waals surface area contributed by atoms with E-state index in [2.05, 4.69) is 5.16 Å². The number of aryl methyl sites for hydroxylation is 3. The topological polar surface area (TPSA) is 55.5 Å². The molecule has 0 saturated carbocycles. The molecule has 0 aliphatic heterocycles. The molecule has 1 N–H and O–H groups in total. The Kier molecular flexibility index (Phi) is 3.39. The van der Waals surface area contributed by atoms with Crippen molar-refractivity contribution in [3.05, 3.63) is 34.6 Å². The number of methoxy groups -OCH3 is 1. The van der Waals surface area contributed by atoms with E-state index in [9.17, 15) is 5.11 Å². The van der Waals surface area contributed by atoms with Crippen LogP contribution in [0.2, 0.25) is 0 Å². The third-order valence-corrected chi connectivity index (χ3v) is 3.12. The predicted molar refractivity (Wildman–Crippen MR) is 68.6 cm³/mol. The van der Waals surface area contributed by atoms with Crippen molar-refractivity contribution < 1.29 is 14.4 Å². The fourth-order valence-electron chi connectivity index (χ4n) is 2.19. The minimum absolute atomic E-state index is 0.0738. The van der Waals surface area contributed by atoms with E-state index in [4.69, 9.17) is 9.26 Å². The Hall–Kier alpha value is -1.81. The summed E-state index contributed by atoms with van der Waals surface area (Å²) in [5.74, 6) is 1.47. The maximum atomic E-state index is 9.41. The van der Waals surface area contributed by atoms with Gasteiger partial charge in [0.1, 0.15) is 17.2 Å². The van der Waals surface area contributed by atoms with Crippen LogP contribution in [0, 0.1) is 20.8 Å². The quantitative estimate of drug-likeness (QED) is 0.906. The summed E-state index contributed by atoms with van der Waals surface area (Å²) in [5, 5.41) is 13.5. The number of aliphatic hydroxyl groups is 1. The molecule has 1 heterocycles. The normalized spacial score (nSPS) is 10.7. The molecule has 1 aromatic heterocycles. The standard InChI is InChI=1S/C14H17NO3/c1-8-5-11(17-4)6-9(2)13(8)14-12(7-16)10(3)18-15-14/h5-6,16H,7H2,1-4H3. The van der Waals surface area contributed by atoms with Crippen molar-refractivity contribution in [3.63, 3.8) is 0 Å². The van der Waals surface area contributed by atoms with Gasteiger partial charge in [0.15, 0.2) is 0 Å². The molecular formula is C14H17NO3. The van der Waals surface area contributed by atoms with Gasteiger partial charge in [-0.2, -0.15) is 0 Å². The molecule has 4 heteroatoms. The molecule has 0 radical (unpaired) electrons. The van der Waals surface area contributed by atoms with Crippen molar-refractivity contribution >= 4 is 0 Å². The number of hydrogen-bond donors (Lipinski definition) is 1. The molecule has 0 atom stereocenters. The van der Waals surface area contributed by atoms with Gasteiger partial charge in [0.2, 0.25) is 0 Å². The molecular weight excluding hydrogens is 230 g/mol. The number of aromatic nitrogens is 1. The Bertz CT molecular complexity index is 549. The summed E-state index contributed by atoms with van der Waals surface area (Å²) in [6, 6.07) is 3.90. The van der Waals surface area contributed by atoms with E-state index in [1.54, 1.807) is 14.0 Å². The highest BCUT2D eigenvalue weighted by molar-refractivity contribution is 5.71. The summed E-state index contributed by atoms with van der Waals surface area (Å²) in [7, 11) is 1.65. The Morgan fingerprint density at radius 3 is 2.33 bits per heavy atom. The van der Waals surface area contributed by atoms with Gasteiger partial charge in [-0.15, -0.1) is 0 Å². The first kappa shape index (κ1) is 12.6. The van der Waals surface area contributed by atoms with Gasteiger partial charge < -0.3 is 14.4 Å². The largest absolute Gasteiger partial charge is 0.497 e. The molecule has 0 aliphatic rings. The van der Waals surface area contributed by atoms with Crippen LogP contribution in [0.15, 0.2) is 16.7 Å². The van der Waals surface area contributed by atoms with Crippen molar-refractivity contribution in [2.24, 2.45) is 0 Å². The zero-order valence-electron chi connectivity index (χ0n) is 11.1.